The van der Waals surface area contributed by atoms with Crippen LogP contribution < -0.4 is 11.3 Å². The monoisotopic (exact) mass is 256 g/mol. The fraction of sp³-hybridized carbons (Fsp3) is 1.00. The summed E-state index contributed by atoms with van der Waals surface area (Å²) in [5, 5.41) is 0. The van der Waals surface area contributed by atoms with E-state index in [1.807, 2.05) is 0 Å². The van der Waals surface area contributed by atoms with E-state index in [-0.39, 0.29) is 0 Å². The molecular weight excluding hydrogens is 224 g/mol. The maximum atomic E-state index is 5.70. The second-order valence-electron chi connectivity index (χ2n) is 5.85. The van der Waals surface area contributed by atoms with Crippen molar-refractivity contribution in [1.29, 1.82) is 0 Å². The van der Waals surface area contributed by atoms with Crippen molar-refractivity contribution in [3.05, 3.63) is 0 Å². The molecular formula is C14H32N4. The van der Waals surface area contributed by atoms with E-state index in [1.165, 1.54) is 58.2 Å². The molecule has 0 radical (unpaired) electrons. The van der Waals surface area contributed by atoms with Crippen molar-refractivity contribution in [2.24, 2.45) is 5.84 Å². The molecule has 0 amide bonds. The van der Waals surface area contributed by atoms with Crippen LogP contribution in [-0.2, 0) is 0 Å². The first-order valence-electron chi connectivity index (χ1n) is 7.52. The van der Waals surface area contributed by atoms with Gasteiger partial charge in [0, 0.05) is 31.7 Å². The molecule has 3 N–H and O–H groups in total. The highest BCUT2D eigenvalue weighted by Crippen LogP contribution is 2.15. The number of nitrogens with two attached hydrogens (primary N) is 1. The highest BCUT2D eigenvalue weighted by Gasteiger charge is 2.24. The minimum Gasteiger partial charge on any atom is -0.304 e. The lowest BCUT2D eigenvalue weighted by Gasteiger charge is -2.39. The van der Waals surface area contributed by atoms with Crippen LogP contribution in [0.3, 0.4) is 0 Å². The Morgan fingerprint density at radius 1 is 1.22 bits per heavy atom. The first-order valence-corrected chi connectivity index (χ1v) is 7.52. The quantitative estimate of drug-likeness (QED) is 0.392. The molecule has 1 rings (SSSR count). The molecule has 0 aliphatic carbocycles. The second-order valence-corrected chi connectivity index (χ2v) is 5.85. The first-order chi connectivity index (χ1) is 8.67. The van der Waals surface area contributed by atoms with Crippen molar-refractivity contribution in [1.82, 2.24) is 15.2 Å². The lowest BCUT2D eigenvalue weighted by Crippen LogP contribution is -2.52. The zero-order valence-corrected chi connectivity index (χ0v) is 12.5. The van der Waals surface area contributed by atoms with Gasteiger partial charge in [0.2, 0.25) is 0 Å². The Balaban J connectivity index is 2.27. The van der Waals surface area contributed by atoms with Crippen LogP contribution in [0.2, 0.25) is 0 Å². The van der Waals surface area contributed by atoms with E-state index < -0.39 is 0 Å². The zero-order valence-electron chi connectivity index (χ0n) is 12.5. The standard InChI is InChI=1S/C14H32N4/c1-4-5-6-7-8-13(16-15)11-14-12-17(2)9-10-18(14)3/h13-14,16H,4-12,15H2,1-3H3. The SMILES string of the molecule is CCCCCCC(CC1CN(C)CCN1C)NN. The van der Waals surface area contributed by atoms with Gasteiger partial charge in [0.1, 0.15) is 0 Å². The first kappa shape index (κ1) is 15.9. The van der Waals surface area contributed by atoms with Crippen LogP contribution in [0.1, 0.15) is 45.4 Å². The lowest BCUT2D eigenvalue weighted by atomic mass is 9.99. The van der Waals surface area contributed by atoms with E-state index in [1.54, 1.807) is 0 Å². The van der Waals surface area contributed by atoms with E-state index in [9.17, 15) is 0 Å². The number of rotatable bonds is 8. The Hall–Kier alpha value is -0.160. The highest BCUT2D eigenvalue weighted by atomic mass is 15.3. The number of nitrogens with one attached hydrogen (secondary N) is 1. The third kappa shape index (κ3) is 5.65. The minimum atomic E-state index is 0.473. The lowest BCUT2D eigenvalue weighted by molar-refractivity contribution is 0.0998. The van der Waals surface area contributed by atoms with E-state index in [0.717, 1.165) is 0 Å². The average molecular weight is 256 g/mol. The Morgan fingerprint density at radius 2 is 2.00 bits per heavy atom. The van der Waals surface area contributed by atoms with Gasteiger partial charge < -0.3 is 9.80 Å². The van der Waals surface area contributed by atoms with Crippen LogP contribution in [0.25, 0.3) is 0 Å². The molecule has 4 heteroatoms. The molecule has 1 aliphatic heterocycles. The van der Waals surface area contributed by atoms with Gasteiger partial charge in [0.15, 0.2) is 0 Å². The topological polar surface area (TPSA) is 44.5 Å². The van der Waals surface area contributed by atoms with Crippen LogP contribution >= 0.6 is 0 Å². The third-order valence-corrected chi connectivity index (χ3v) is 4.18. The number of unbranched alkanes of at least 4 members (excludes halogenated alkanes) is 3. The predicted molar refractivity (Wildman–Crippen MR) is 78.4 cm³/mol. The number of hydrogen-bond donors (Lipinski definition) is 2. The maximum absolute atomic E-state index is 5.70. The molecule has 4 nitrogen and oxygen atoms in total. The molecule has 0 aromatic carbocycles. The summed E-state index contributed by atoms with van der Waals surface area (Å²) in [6, 6.07) is 1.12. The van der Waals surface area contributed by atoms with Gasteiger partial charge in [0.05, 0.1) is 0 Å². The number of likely N-dealkylation sites (N-methyl/N-ethyl adjacent to an activating group) is 2. The molecule has 0 spiro atoms. The minimum absolute atomic E-state index is 0.473. The number of hydrogen-bond acceptors (Lipinski definition) is 4. The molecule has 0 aromatic rings. The molecule has 2 atom stereocenters. The van der Waals surface area contributed by atoms with Crippen molar-refractivity contribution in [3.63, 3.8) is 0 Å². The molecule has 0 saturated carbocycles. The maximum Gasteiger partial charge on any atom is 0.0235 e. The van der Waals surface area contributed by atoms with Gasteiger partial charge in [-0.25, -0.2) is 0 Å². The van der Waals surface area contributed by atoms with E-state index in [4.69, 9.17) is 5.84 Å². The largest absolute Gasteiger partial charge is 0.304 e. The van der Waals surface area contributed by atoms with Gasteiger partial charge >= 0.3 is 0 Å². The molecule has 0 bridgehead atoms. The fourth-order valence-electron chi connectivity index (χ4n) is 2.77. The summed E-state index contributed by atoms with van der Waals surface area (Å²) in [4.78, 5) is 4.91. The smallest absolute Gasteiger partial charge is 0.0235 e. The zero-order chi connectivity index (χ0) is 13.4. The fourth-order valence-corrected chi connectivity index (χ4v) is 2.77. The van der Waals surface area contributed by atoms with Gasteiger partial charge in [-0.1, -0.05) is 32.6 Å². The average Bonchev–Trinajstić information content (AvgIpc) is 2.37. The van der Waals surface area contributed by atoms with Crippen molar-refractivity contribution < 1.29 is 0 Å². The summed E-state index contributed by atoms with van der Waals surface area (Å²) < 4.78 is 0. The number of nitrogens with zero attached hydrogens (tertiary/aromatic N) is 2. The molecule has 2 unspecified atom stereocenters. The summed E-state index contributed by atoms with van der Waals surface area (Å²) in [7, 11) is 4.45. The summed E-state index contributed by atoms with van der Waals surface area (Å²) in [5.74, 6) is 5.70. The van der Waals surface area contributed by atoms with Crippen molar-refractivity contribution in [2.45, 2.75) is 57.5 Å². The molecule has 1 heterocycles. The molecule has 1 saturated heterocycles. The summed E-state index contributed by atoms with van der Waals surface area (Å²) >= 11 is 0. The molecule has 0 aromatic heterocycles. The van der Waals surface area contributed by atoms with Gasteiger partial charge in [-0.15, -0.1) is 0 Å². The van der Waals surface area contributed by atoms with Crippen molar-refractivity contribution >= 4 is 0 Å². The Bertz CT molecular complexity index is 210. The van der Waals surface area contributed by atoms with E-state index in [2.05, 4.69) is 36.2 Å². The third-order valence-electron chi connectivity index (χ3n) is 4.18. The Labute approximate surface area is 113 Å². The van der Waals surface area contributed by atoms with E-state index in [0.29, 0.717) is 12.1 Å². The Kier molecular flexibility index (Phi) is 7.82. The van der Waals surface area contributed by atoms with Gasteiger partial charge in [0.25, 0.3) is 0 Å². The van der Waals surface area contributed by atoms with Crippen LogP contribution in [-0.4, -0.2) is 55.6 Å². The number of piperazine rings is 1. The van der Waals surface area contributed by atoms with Gasteiger partial charge in [-0.3, -0.25) is 11.3 Å². The molecule has 108 valence electrons. The van der Waals surface area contributed by atoms with Crippen molar-refractivity contribution in [3.8, 4) is 0 Å². The van der Waals surface area contributed by atoms with Crippen LogP contribution in [0.5, 0.6) is 0 Å². The molecule has 1 fully saturated rings. The number of hydrazine groups is 1. The van der Waals surface area contributed by atoms with Crippen molar-refractivity contribution in [2.75, 3.05) is 33.7 Å². The summed E-state index contributed by atoms with van der Waals surface area (Å²) in [6.45, 7) is 5.79. The summed E-state index contributed by atoms with van der Waals surface area (Å²) in [5.41, 5.74) is 3.02. The van der Waals surface area contributed by atoms with Crippen LogP contribution in [0.15, 0.2) is 0 Å². The van der Waals surface area contributed by atoms with Crippen LogP contribution in [0.4, 0.5) is 0 Å². The van der Waals surface area contributed by atoms with Crippen LogP contribution in [0, 0.1) is 0 Å². The van der Waals surface area contributed by atoms with E-state index >= 15 is 0 Å². The highest BCUT2D eigenvalue weighted by molar-refractivity contribution is 4.82. The predicted octanol–water partition coefficient (Wildman–Crippen LogP) is 1.42. The Morgan fingerprint density at radius 3 is 2.67 bits per heavy atom. The molecule has 18 heavy (non-hydrogen) atoms. The van der Waals surface area contributed by atoms with Gasteiger partial charge in [-0.05, 0) is 26.9 Å². The second kappa shape index (κ2) is 8.86. The van der Waals surface area contributed by atoms with Gasteiger partial charge in [-0.2, -0.15) is 0 Å². The normalized spacial score (nSPS) is 24.3. The molecule has 1 aliphatic rings. The summed E-state index contributed by atoms with van der Waals surface area (Å²) in [6.07, 6.45) is 7.68.